The summed E-state index contributed by atoms with van der Waals surface area (Å²) in [7, 11) is 0. The summed E-state index contributed by atoms with van der Waals surface area (Å²) in [5, 5.41) is 0. The average molecular weight is 475 g/mol. The molecule has 0 saturated carbocycles. The maximum absolute atomic E-state index is 2.55. The molecule has 15 heavy (non-hydrogen) atoms. The Balaban J connectivity index is 0.00000128. The van der Waals surface area contributed by atoms with Crippen molar-refractivity contribution >= 4 is 21.2 Å². The van der Waals surface area contributed by atoms with E-state index in [1.165, 1.54) is 12.8 Å². The van der Waals surface area contributed by atoms with Crippen LogP contribution in [0.15, 0.2) is 40.1 Å². The number of allylic oxidation sites excluding steroid dienone is 8. The Bertz CT molecular complexity index is 387. The van der Waals surface area contributed by atoms with E-state index in [0.29, 0.717) is 0 Å². The van der Waals surface area contributed by atoms with E-state index in [2.05, 4.69) is 43.8 Å². The molecule has 2 aliphatic rings. The van der Waals surface area contributed by atoms with Gasteiger partial charge in [-0.05, 0) is 0 Å². The molecule has 2 heteroatoms. The second-order valence-corrected chi connectivity index (χ2v) is 28.5. The molecule has 0 nitrogen and oxygen atoms in total. The van der Waals surface area contributed by atoms with Gasteiger partial charge in [-0.2, -0.15) is 0 Å². The zero-order valence-electron chi connectivity index (χ0n) is 11.8. The van der Waals surface area contributed by atoms with Gasteiger partial charge in [-0.1, -0.05) is 0 Å². The van der Waals surface area contributed by atoms with Gasteiger partial charge in [-0.25, -0.2) is 0 Å². The zero-order chi connectivity index (χ0) is 10.9. The fraction of sp³-hybridized carbons (Fsp3) is 0.385. The molecule has 0 spiro atoms. The minimum Gasteiger partial charge on any atom is -1.00 e. The summed E-state index contributed by atoms with van der Waals surface area (Å²) < 4.78 is 13.2. The second kappa shape index (κ2) is 4.95. The summed E-state index contributed by atoms with van der Waals surface area (Å²) in [5.74, 6) is 0. The van der Waals surface area contributed by atoms with E-state index in [4.69, 9.17) is 0 Å². The van der Waals surface area contributed by atoms with Crippen molar-refractivity contribution in [1.29, 1.82) is 0 Å². The number of hydrogen-bond donors (Lipinski definition) is 0. The second-order valence-electron chi connectivity index (χ2n) is 5.20. The van der Waals surface area contributed by atoms with Crippen LogP contribution in [-0.2, 0) is 23.2 Å². The van der Waals surface area contributed by atoms with Crippen molar-refractivity contribution in [2.24, 2.45) is 0 Å². The summed E-state index contributed by atoms with van der Waals surface area (Å²) >= 11 is -2.31. The molecule has 0 aromatic rings. The third kappa shape index (κ3) is 3.12. The van der Waals surface area contributed by atoms with Gasteiger partial charge >= 0.3 is 111 Å². The van der Waals surface area contributed by atoms with Crippen molar-refractivity contribution in [2.75, 3.05) is 0 Å². The zero-order valence-corrected chi connectivity index (χ0v) is 16.1. The van der Waals surface area contributed by atoms with Crippen molar-refractivity contribution in [2.45, 2.75) is 26.3 Å². The summed E-state index contributed by atoms with van der Waals surface area (Å²) in [5.41, 5.74) is 0. The van der Waals surface area contributed by atoms with Gasteiger partial charge in [0.15, 0.2) is 0 Å². The molecule has 80 valence electrons. The van der Waals surface area contributed by atoms with Crippen LogP contribution >= 0.6 is 0 Å². The van der Waals surface area contributed by atoms with Gasteiger partial charge < -0.3 is 2.85 Å². The Kier molecular flexibility index (Phi) is 4.04. The minimum atomic E-state index is -1.92. The topological polar surface area (TPSA) is 0 Å². The molecule has 2 rings (SSSR count). The summed E-state index contributed by atoms with van der Waals surface area (Å²) in [4.78, 5) is 0. The normalized spacial score (nSPS) is 19.8. The Morgan fingerprint density at radius 2 is 2.00 bits per heavy atom. The van der Waals surface area contributed by atoms with E-state index >= 15 is 0 Å². The van der Waals surface area contributed by atoms with Gasteiger partial charge in [0.1, 0.15) is 0 Å². The molecule has 0 amide bonds. The standard InChI is InChI=1S/C5H5.C5H4.3CH3.Pb.Zr.2H/c2*1-2-4-5-3-1;;;;;;;/h1-3H,4H2;1-2H,3H2;3*1H3;;;;/q;;;;;;+2;2*-1. The van der Waals surface area contributed by atoms with E-state index in [0.717, 1.165) is 0 Å². The largest absolute Gasteiger partial charge is 1.00 e. The smallest absolute Gasteiger partial charge is 1.00 e. The van der Waals surface area contributed by atoms with Gasteiger partial charge in [0.25, 0.3) is 0 Å². The molecule has 0 aromatic carbocycles. The molecule has 0 unspecified atom stereocenters. The monoisotopic (exact) mass is 474 g/mol. The third-order valence-corrected chi connectivity index (χ3v) is 16.9. The first-order valence-corrected chi connectivity index (χ1v) is 21.7. The summed E-state index contributed by atoms with van der Waals surface area (Å²) in [6.07, 6.45) is 14.3. The number of hydrogen-bond acceptors (Lipinski definition) is 0. The third-order valence-electron chi connectivity index (χ3n) is 2.82. The molecule has 2 aliphatic carbocycles. The van der Waals surface area contributed by atoms with Crippen LogP contribution in [-0.4, -0.2) is 21.2 Å². The first kappa shape index (κ1) is 12.2. The Labute approximate surface area is 112 Å². The Hall–Kier alpha value is 0.765. The van der Waals surface area contributed by atoms with Crippen molar-refractivity contribution in [3.63, 3.8) is 0 Å². The van der Waals surface area contributed by atoms with E-state index < -0.39 is 21.2 Å². The molecule has 0 atom stereocenters. The van der Waals surface area contributed by atoms with Crippen LogP contribution in [0.4, 0.5) is 0 Å². The fourth-order valence-electron chi connectivity index (χ4n) is 2.06. The van der Waals surface area contributed by atoms with Gasteiger partial charge in [0.05, 0.1) is 0 Å². The molecule has 0 radical (unpaired) electrons. The van der Waals surface area contributed by atoms with Crippen LogP contribution in [0.2, 0.25) is 13.4 Å². The maximum Gasteiger partial charge on any atom is -1.00 e. The molecule has 0 aliphatic heterocycles. The van der Waals surface area contributed by atoms with E-state index in [-0.39, 0.29) is 26.1 Å². The van der Waals surface area contributed by atoms with Crippen molar-refractivity contribution < 1.29 is 26.1 Å². The maximum atomic E-state index is 2.55. The van der Waals surface area contributed by atoms with Crippen LogP contribution < -0.4 is 0 Å². The summed E-state index contributed by atoms with van der Waals surface area (Å²) in [6, 6.07) is 0. The van der Waals surface area contributed by atoms with Crippen LogP contribution in [0.5, 0.6) is 0 Å². The van der Waals surface area contributed by atoms with Gasteiger partial charge in [0.2, 0.25) is 0 Å². The quantitative estimate of drug-likeness (QED) is 0.537. The van der Waals surface area contributed by atoms with Crippen LogP contribution in [0.1, 0.15) is 15.7 Å². The van der Waals surface area contributed by atoms with Crippen molar-refractivity contribution in [3.8, 4) is 0 Å². The van der Waals surface area contributed by atoms with Crippen LogP contribution in [0.25, 0.3) is 0 Å². The van der Waals surface area contributed by atoms with Crippen LogP contribution in [0, 0.1) is 0 Å². The molecule has 0 N–H and O–H groups in total. The van der Waals surface area contributed by atoms with Crippen molar-refractivity contribution in [3.05, 3.63) is 40.1 Å². The Morgan fingerprint density at radius 3 is 2.60 bits per heavy atom. The molecular weight excluding hydrogens is 455 g/mol. The SMILES string of the molecule is [CH3][Pb]([CH3])([CH3])[C]1=[C]([Zr+2][C]2=CC=CC2)CC=C1.[H-].[H-]. The molecule has 0 bridgehead atoms. The molecule has 0 heterocycles. The molecule has 0 fully saturated rings. The van der Waals surface area contributed by atoms with E-state index in [1.54, 1.807) is 3.28 Å². The molecule has 0 saturated heterocycles. The van der Waals surface area contributed by atoms with Gasteiger partial charge in [0, 0.05) is 0 Å². The molecule has 0 aromatic heterocycles. The predicted octanol–water partition coefficient (Wildman–Crippen LogP) is 4.23. The number of rotatable bonds is 3. The van der Waals surface area contributed by atoms with Gasteiger partial charge in [-0.15, -0.1) is 0 Å². The minimum absolute atomic E-state index is 0. The average Bonchev–Trinajstić information content (AvgIpc) is 2.73. The van der Waals surface area contributed by atoms with Crippen LogP contribution in [0.3, 0.4) is 0 Å². The van der Waals surface area contributed by atoms with Crippen molar-refractivity contribution in [1.82, 2.24) is 0 Å². The summed E-state index contributed by atoms with van der Waals surface area (Å²) in [6.45, 7) is 0. The van der Waals surface area contributed by atoms with Gasteiger partial charge in [-0.3, -0.25) is 0 Å². The Morgan fingerprint density at radius 1 is 1.20 bits per heavy atom. The first-order valence-electron chi connectivity index (χ1n) is 5.60. The molecular formula is C13H20PbZr. The van der Waals surface area contributed by atoms with E-state index in [1.807, 2.05) is 6.41 Å². The first-order chi connectivity index (χ1) is 7.07. The fourth-order valence-corrected chi connectivity index (χ4v) is 20.9. The van der Waals surface area contributed by atoms with E-state index in [9.17, 15) is 0 Å². The predicted molar refractivity (Wildman–Crippen MR) is 68.2 cm³/mol.